The van der Waals surface area contributed by atoms with Crippen molar-refractivity contribution in [3.05, 3.63) is 28.0 Å². The molecular weight excluding hydrogens is 260 g/mol. The van der Waals surface area contributed by atoms with Crippen LogP contribution >= 0.6 is 27.5 Å². The highest BCUT2D eigenvalue weighted by molar-refractivity contribution is 9.10. The SMILES string of the molecule is Nc1cc(C(=O)CCl)cc(F)c1Br. The number of rotatable bonds is 2. The minimum absolute atomic E-state index is 0.165. The summed E-state index contributed by atoms with van der Waals surface area (Å²) in [7, 11) is 0. The third-order valence-electron chi connectivity index (χ3n) is 1.50. The van der Waals surface area contributed by atoms with Gasteiger partial charge in [0.1, 0.15) is 5.82 Å². The van der Waals surface area contributed by atoms with Gasteiger partial charge >= 0.3 is 0 Å². The van der Waals surface area contributed by atoms with Gasteiger partial charge in [0, 0.05) is 11.3 Å². The molecule has 2 nitrogen and oxygen atoms in total. The summed E-state index contributed by atoms with van der Waals surface area (Å²) in [5, 5.41) is 0. The van der Waals surface area contributed by atoms with Crippen LogP contribution in [-0.2, 0) is 0 Å². The van der Waals surface area contributed by atoms with Crippen molar-refractivity contribution in [2.24, 2.45) is 0 Å². The van der Waals surface area contributed by atoms with E-state index in [0.29, 0.717) is 0 Å². The van der Waals surface area contributed by atoms with Crippen molar-refractivity contribution in [2.45, 2.75) is 0 Å². The zero-order chi connectivity index (χ0) is 10.0. The molecular formula is C8H6BrClFNO. The fraction of sp³-hybridized carbons (Fsp3) is 0.125. The number of carbonyl (C=O) groups excluding carboxylic acids is 1. The molecule has 0 unspecified atom stereocenters. The molecule has 0 bridgehead atoms. The van der Waals surface area contributed by atoms with Crippen LogP contribution in [0, 0.1) is 5.82 Å². The molecule has 0 saturated carbocycles. The van der Waals surface area contributed by atoms with Gasteiger partial charge in [-0.15, -0.1) is 11.6 Å². The molecule has 0 radical (unpaired) electrons. The highest BCUT2D eigenvalue weighted by Crippen LogP contribution is 2.24. The second kappa shape index (κ2) is 4.07. The summed E-state index contributed by atoms with van der Waals surface area (Å²) in [6, 6.07) is 2.49. The zero-order valence-electron chi connectivity index (χ0n) is 6.48. The fourth-order valence-electron chi connectivity index (χ4n) is 0.848. The van der Waals surface area contributed by atoms with E-state index in [9.17, 15) is 9.18 Å². The molecule has 13 heavy (non-hydrogen) atoms. The first-order valence-corrected chi connectivity index (χ1v) is 4.72. The van der Waals surface area contributed by atoms with Crippen LogP contribution in [0.3, 0.4) is 0 Å². The Morgan fingerprint density at radius 2 is 2.23 bits per heavy atom. The number of halogens is 3. The molecule has 0 saturated heterocycles. The zero-order valence-corrected chi connectivity index (χ0v) is 8.82. The van der Waals surface area contributed by atoms with Gasteiger partial charge in [0.25, 0.3) is 0 Å². The lowest BCUT2D eigenvalue weighted by atomic mass is 10.1. The van der Waals surface area contributed by atoms with E-state index in [4.69, 9.17) is 17.3 Å². The van der Waals surface area contributed by atoms with Gasteiger partial charge in [0.15, 0.2) is 5.78 Å². The van der Waals surface area contributed by atoms with E-state index in [2.05, 4.69) is 15.9 Å². The molecule has 70 valence electrons. The van der Waals surface area contributed by atoms with Crippen LogP contribution in [-0.4, -0.2) is 11.7 Å². The molecule has 0 aliphatic heterocycles. The topological polar surface area (TPSA) is 43.1 Å². The number of benzene rings is 1. The third-order valence-corrected chi connectivity index (χ3v) is 2.58. The fourth-order valence-corrected chi connectivity index (χ4v) is 1.23. The van der Waals surface area contributed by atoms with Crippen molar-refractivity contribution >= 4 is 39.0 Å². The van der Waals surface area contributed by atoms with Gasteiger partial charge in [-0.2, -0.15) is 0 Å². The molecule has 0 spiro atoms. The standard InChI is InChI=1S/C8H6BrClFNO/c9-8-5(11)1-4(2-6(8)12)7(13)3-10/h1-2H,3,12H2. The molecule has 1 rings (SSSR count). The van der Waals surface area contributed by atoms with Crippen LogP contribution in [0.2, 0.25) is 0 Å². The summed E-state index contributed by atoms with van der Waals surface area (Å²) in [5.74, 6) is -1.09. The van der Waals surface area contributed by atoms with Gasteiger partial charge in [-0.25, -0.2) is 4.39 Å². The first kappa shape index (κ1) is 10.5. The highest BCUT2D eigenvalue weighted by Gasteiger charge is 2.10. The molecule has 2 N–H and O–H groups in total. The Bertz CT molecular complexity index is 333. The first-order valence-electron chi connectivity index (χ1n) is 3.40. The van der Waals surface area contributed by atoms with Crippen molar-refractivity contribution in [1.82, 2.24) is 0 Å². The number of carbonyl (C=O) groups is 1. The average Bonchev–Trinajstić information content (AvgIpc) is 2.12. The Kier molecular flexibility index (Phi) is 3.27. The molecule has 0 aliphatic carbocycles. The lowest BCUT2D eigenvalue weighted by Gasteiger charge is -2.02. The van der Waals surface area contributed by atoms with E-state index in [0.717, 1.165) is 6.07 Å². The second-order valence-electron chi connectivity index (χ2n) is 2.42. The van der Waals surface area contributed by atoms with Crippen LogP contribution in [0.5, 0.6) is 0 Å². The molecule has 0 amide bonds. The third kappa shape index (κ3) is 2.19. The number of nitrogens with two attached hydrogens (primary N) is 1. The number of alkyl halides is 1. The molecule has 1 aromatic carbocycles. The van der Waals surface area contributed by atoms with E-state index >= 15 is 0 Å². The molecule has 5 heteroatoms. The molecule has 0 aromatic heterocycles. The van der Waals surface area contributed by atoms with E-state index < -0.39 is 5.82 Å². The van der Waals surface area contributed by atoms with E-state index in [1.165, 1.54) is 6.07 Å². The van der Waals surface area contributed by atoms with Gasteiger partial charge in [0.2, 0.25) is 0 Å². The van der Waals surface area contributed by atoms with E-state index in [1.807, 2.05) is 0 Å². The van der Waals surface area contributed by atoms with Crippen LogP contribution in [0.15, 0.2) is 16.6 Å². The maximum Gasteiger partial charge on any atom is 0.177 e. The smallest absolute Gasteiger partial charge is 0.177 e. The van der Waals surface area contributed by atoms with Crippen molar-refractivity contribution in [3.63, 3.8) is 0 Å². The Morgan fingerprint density at radius 3 is 2.69 bits per heavy atom. The Hall–Kier alpha value is -0.610. The van der Waals surface area contributed by atoms with Crippen molar-refractivity contribution in [3.8, 4) is 0 Å². The molecule has 0 atom stereocenters. The quantitative estimate of drug-likeness (QED) is 0.508. The maximum atomic E-state index is 13.0. The first-order chi connectivity index (χ1) is 6.06. The summed E-state index contributed by atoms with van der Waals surface area (Å²) in [4.78, 5) is 11.1. The normalized spacial score (nSPS) is 10.1. The summed E-state index contributed by atoms with van der Waals surface area (Å²) in [6.45, 7) is 0. The largest absolute Gasteiger partial charge is 0.398 e. The monoisotopic (exact) mass is 265 g/mol. The Balaban J connectivity index is 3.20. The molecule has 0 heterocycles. The maximum absolute atomic E-state index is 13.0. The summed E-state index contributed by atoms with van der Waals surface area (Å²) < 4.78 is 13.2. The van der Waals surface area contributed by atoms with Gasteiger partial charge in [-0.05, 0) is 28.1 Å². The molecule has 1 aromatic rings. The minimum atomic E-state index is -0.562. The van der Waals surface area contributed by atoms with Crippen molar-refractivity contribution in [2.75, 3.05) is 11.6 Å². The number of Topliss-reactive ketones (excluding diaryl/α,β-unsaturated/α-hetero) is 1. The number of nitrogen functional groups attached to an aromatic ring is 1. The minimum Gasteiger partial charge on any atom is -0.398 e. The Morgan fingerprint density at radius 1 is 1.62 bits per heavy atom. The summed E-state index contributed by atoms with van der Waals surface area (Å²) in [5.41, 5.74) is 5.81. The number of hydrogen-bond acceptors (Lipinski definition) is 2. The summed E-state index contributed by atoms with van der Waals surface area (Å²) >= 11 is 8.25. The van der Waals surface area contributed by atoms with Crippen LogP contribution in [0.1, 0.15) is 10.4 Å². The van der Waals surface area contributed by atoms with Crippen LogP contribution in [0.4, 0.5) is 10.1 Å². The number of hydrogen-bond donors (Lipinski definition) is 1. The van der Waals surface area contributed by atoms with Gasteiger partial charge < -0.3 is 5.73 Å². The predicted molar refractivity (Wildman–Crippen MR) is 53.6 cm³/mol. The molecule has 0 aliphatic rings. The van der Waals surface area contributed by atoms with E-state index in [-0.39, 0.29) is 27.4 Å². The average molecular weight is 266 g/mol. The molecule has 0 fully saturated rings. The number of anilines is 1. The van der Waals surface area contributed by atoms with Crippen molar-refractivity contribution < 1.29 is 9.18 Å². The van der Waals surface area contributed by atoms with Gasteiger partial charge in [0.05, 0.1) is 10.4 Å². The van der Waals surface area contributed by atoms with Crippen LogP contribution in [0.25, 0.3) is 0 Å². The van der Waals surface area contributed by atoms with Crippen LogP contribution < -0.4 is 5.73 Å². The van der Waals surface area contributed by atoms with E-state index in [1.54, 1.807) is 0 Å². The van der Waals surface area contributed by atoms with Gasteiger partial charge in [-0.3, -0.25) is 4.79 Å². The lowest BCUT2D eigenvalue weighted by Crippen LogP contribution is -2.03. The number of ketones is 1. The Labute approximate surface area is 88.0 Å². The lowest BCUT2D eigenvalue weighted by molar-refractivity contribution is 0.102. The van der Waals surface area contributed by atoms with Crippen molar-refractivity contribution in [1.29, 1.82) is 0 Å². The predicted octanol–water partition coefficient (Wildman–Crippen LogP) is 2.59. The highest BCUT2D eigenvalue weighted by atomic mass is 79.9. The summed E-state index contributed by atoms with van der Waals surface area (Å²) in [6.07, 6.45) is 0. The second-order valence-corrected chi connectivity index (χ2v) is 3.48. The van der Waals surface area contributed by atoms with Gasteiger partial charge in [-0.1, -0.05) is 0 Å².